The molecule has 3 atom stereocenters. The predicted molar refractivity (Wildman–Crippen MR) is 107 cm³/mol. The van der Waals surface area contributed by atoms with E-state index in [0.717, 1.165) is 6.42 Å². The minimum absolute atomic E-state index is 0.0730. The molecule has 2 amide bonds. The lowest BCUT2D eigenvalue weighted by Gasteiger charge is -2.35. The fourth-order valence-corrected chi connectivity index (χ4v) is 3.62. The molecule has 3 rings (SSSR count). The third kappa shape index (κ3) is 4.31. The fraction of sp³-hybridized carbons (Fsp3) is 0.381. The Kier molecular flexibility index (Phi) is 5.94. The SMILES string of the molecule is CN(C)C(=O)C1CCC(N)C(NC(=O)c2ccc(-n3ccccc3=O)cc2)C1. The minimum Gasteiger partial charge on any atom is -0.349 e. The molecule has 28 heavy (non-hydrogen) atoms. The van der Waals surface area contributed by atoms with E-state index in [0.29, 0.717) is 24.1 Å². The van der Waals surface area contributed by atoms with Crippen molar-refractivity contribution in [2.24, 2.45) is 11.7 Å². The molecule has 2 aromatic rings. The first-order valence-electron chi connectivity index (χ1n) is 9.42. The maximum atomic E-state index is 12.7. The molecule has 1 fully saturated rings. The molecule has 1 aliphatic rings. The van der Waals surface area contributed by atoms with Crippen molar-refractivity contribution in [3.05, 3.63) is 64.6 Å². The van der Waals surface area contributed by atoms with Crippen LogP contribution < -0.4 is 16.6 Å². The van der Waals surface area contributed by atoms with Gasteiger partial charge in [-0.1, -0.05) is 6.07 Å². The van der Waals surface area contributed by atoms with Crippen LogP contribution in [0, 0.1) is 5.92 Å². The Bertz CT molecular complexity index is 904. The molecular formula is C21H26N4O3. The van der Waals surface area contributed by atoms with Crippen LogP contribution in [0.1, 0.15) is 29.6 Å². The van der Waals surface area contributed by atoms with E-state index >= 15 is 0 Å². The van der Waals surface area contributed by atoms with Crippen molar-refractivity contribution in [1.29, 1.82) is 0 Å². The summed E-state index contributed by atoms with van der Waals surface area (Å²) in [4.78, 5) is 38.4. The van der Waals surface area contributed by atoms with Crippen LogP contribution in [0.5, 0.6) is 0 Å². The van der Waals surface area contributed by atoms with Crippen molar-refractivity contribution in [3.8, 4) is 5.69 Å². The van der Waals surface area contributed by atoms with Gasteiger partial charge in [-0.15, -0.1) is 0 Å². The van der Waals surface area contributed by atoms with Crippen molar-refractivity contribution in [1.82, 2.24) is 14.8 Å². The highest BCUT2D eigenvalue weighted by Crippen LogP contribution is 2.25. The van der Waals surface area contributed by atoms with Gasteiger partial charge in [-0.3, -0.25) is 19.0 Å². The van der Waals surface area contributed by atoms with Gasteiger partial charge in [0, 0.05) is 55.6 Å². The standard InChI is InChI=1S/C21H26N4O3/c1-24(2)21(28)15-8-11-17(22)18(13-15)23-20(27)14-6-9-16(10-7-14)25-12-4-3-5-19(25)26/h3-7,9-10,12,15,17-18H,8,11,13,22H2,1-2H3,(H,23,27). The van der Waals surface area contributed by atoms with Gasteiger partial charge in [0.05, 0.1) is 0 Å². The molecule has 1 saturated carbocycles. The smallest absolute Gasteiger partial charge is 0.255 e. The summed E-state index contributed by atoms with van der Waals surface area (Å²) in [5.74, 6) is -0.276. The molecular weight excluding hydrogens is 356 g/mol. The number of benzene rings is 1. The first-order chi connectivity index (χ1) is 13.4. The number of rotatable bonds is 4. The lowest BCUT2D eigenvalue weighted by Crippen LogP contribution is -2.52. The number of amides is 2. The van der Waals surface area contributed by atoms with Crippen LogP contribution >= 0.6 is 0 Å². The molecule has 1 aromatic carbocycles. The Morgan fingerprint density at radius 3 is 2.46 bits per heavy atom. The molecule has 3 unspecified atom stereocenters. The molecule has 0 radical (unpaired) electrons. The van der Waals surface area contributed by atoms with E-state index in [4.69, 9.17) is 5.73 Å². The number of nitrogens with two attached hydrogens (primary N) is 1. The second-order valence-electron chi connectivity index (χ2n) is 7.44. The van der Waals surface area contributed by atoms with E-state index in [1.165, 1.54) is 10.6 Å². The summed E-state index contributed by atoms with van der Waals surface area (Å²) in [6.07, 6.45) is 3.66. The Hall–Kier alpha value is -2.93. The van der Waals surface area contributed by atoms with Gasteiger partial charge in [0.25, 0.3) is 11.5 Å². The van der Waals surface area contributed by atoms with Gasteiger partial charge < -0.3 is 16.0 Å². The fourth-order valence-electron chi connectivity index (χ4n) is 3.62. The molecule has 1 aromatic heterocycles. The lowest BCUT2D eigenvalue weighted by molar-refractivity contribution is -0.134. The van der Waals surface area contributed by atoms with E-state index in [-0.39, 0.29) is 35.4 Å². The third-order valence-electron chi connectivity index (χ3n) is 5.24. The number of nitrogens with one attached hydrogen (secondary N) is 1. The molecule has 148 valence electrons. The molecule has 7 nitrogen and oxygen atoms in total. The van der Waals surface area contributed by atoms with Crippen LogP contribution in [0.15, 0.2) is 53.5 Å². The number of carbonyl (C=O) groups excluding carboxylic acids is 2. The summed E-state index contributed by atoms with van der Waals surface area (Å²) in [5, 5.41) is 2.98. The zero-order valence-corrected chi connectivity index (χ0v) is 16.2. The Labute approximate surface area is 164 Å². The molecule has 3 N–H and O–H groups in total. The molecule has 0 aliphatic heterocycles. The summed E-state index contributed by atoms with van der Waals surface area (Å²) in [5.41, 5.74) is 7.22. The Morgan fingerprint density at radius 2 is 1.82 bits per heavy atom. The molecule has 0 bridgehead atoms. The Morgan fingerprint density at radius 1 is 1.11 bits per heavy atom. The highest BCUT2D eigenvalue weighted by Gasteiger charge is 2.33. The molecule has 1 heterocycles. The van der Waals surface area contributed by atoms with Gasteiger partial charge in [0.1, 0.15) is 0 Å². The van der Waals surface area contributed by atoms with Crippen LogP contribution in [-0.4, -0.2) is 47.5 Å². The average molecular weight is 382 g/mol. The van der Waals surface area contributed by atoms with Gasteiger partial charge >= 0.3 is 0 Å². The van der Waals surface area contributed by atoms with Crippen molar-refractivity contribution in [3.63, 3.8) is 0 Å². The second kappa shape index (κ2) is 8.39. The number of aromatic nitrogens is 1. The van der Waals surface area contributed by atoms with Gasteiger partial charge in [-0.2, -0.15) is 0 Å². The molecule has 0 spiro atoms. The topological polar surface area (TPSA) is 97.4 Å². The number of carbonyl (C=O) groups is 2. The molecule has 0 saturated heterocycles. The highest BCUT2D eigenvalue weighted by atomic mass is 16.2. The van der Waals surface area contributed by atoms with Crippen molar-refractivity contribution in [2.75, 3.05) is 14.1 Å². The second-order valence-corrected chi connectivity index (χ2v) is 7.44. The number of nitrogens with zero attached hydrogens (tertiary/aromatic N) is 2. The van der Waals surface area contributed by atoms with E-state index in [9.17, 15) is 14.4 Å². The maximum absolute atomic E-state index is 12.7. The van der Waals surface area contributed by atoms with Gasteiger partial charge in [-0.05, 0) is 49.6 Å². The molecule has 1 aliphatic carbocycles. The highest BCUT2D eigenvalue weighted by molar-refractivity contribution is 5.94. The monoisotopic (exact) mass is 382 g/mol. The summed E-state index contributed by atoms with van der Waals surface area (Å²) in [6.45, 7) is 0. The van der Waals surface area contributed by atoms with Crippen molar-refractivity contribution < 1.29 is 9.59 Å². The van der Waals surface area contributed by atoms with Crippen LogP contribution in [0.25, 0.3) is 5.69 Å². The predicted octanol–water partition coefficient (Wildman–Crippen LogP) is 1.15. The average Bonchev–Trinajstić information content (AvgIpc) is 2.69. The first-order valence-corrected chi connectivity index (χ1v) is 9.42. The zero-order chi connectivity index (χ0) is 20.3. The Balaban J connectivity index is 1.69. The summed E-state index contributed by atoms with van der Waals surface area (Å²) in [7, 11) is 3.48. The maximum Gasteiger partial charge on any atom is 0.255 e. The quantitative estimate of drug-likeness (QED) is 0.829. The zero-order valence-electron chi connectivity index (χ0n) is 16.2. The van der Waals surface area contributed by atoms with Gasteiger partial charge in [-0.25, -0.2) is 0 Å². The van der Waals surface area contributed by atoms with E-state index in [1.54, 1.807) is 61.6 Å². The lowest BCUT2D eigenvalue weighted by atomic mass is 9.82. The van der Waals surface area contributed by atoms with Crippen molar-refractivity contribution >= 4 is 11.8 Å². The van der Waals surface area contributed by atoms with Crippen LogP contribution in [0.3, 0.4) is 0 Å². The third-order valence-corrected chi connectivity index (χ3v) is 5.24. The van der Waals surface area contributed by atoms with Crippen molar-refractivity contribution in [2.45, 2.75) is 31.3 Å². The largest absolute Gasteiger partial charge is 0.349 e. The normalized spacial score (nSPS) is 21.8. The van der Waals surface area contributed by atoms with Crippen LogP contribution in [-0.2, 0) is 4.79 Å². The first kappa shape index (κ1) is 19.8. The minimum atomic E-state index is -0.244. The summed E-state index contributed by atoms with van der Waals surface area (Å²) in [6, 6.07) is 11.4. The van der Waals surface area contributed by atoms with Gasteiger partial charge in [0.2, 0.25) is 5.91 Å². The van der Waals surface area contributed by atoms with Crippen LogP contribution in [0.2, 0.25) is 0 Å². The molecule has 7 heteroatoms. The van der Waals surface area contributed by atoms with E-state index in [2.05, 4.69) is 5.32 Å². The van der Waals surface area contributed by atoms with Crippen LogP contribution in [0.4, 0.5) is 0 Å². The summed E-state index contributed by atoms with van der Waals surface area (Å²) >= 11 is 0. The van der Waals surface area contributed by atoms with Gasteiger partial charge in [0.15, 0.2) is 0 Å². The van der Waals surface area contributed by atoms with E-state index < -0.39 is 0 Å². The van der Waals surface area contributed by atoms with E-state index in [1.807, 2.05) is 0 Å². The summed E-state index contributed by atoms with van der Waals surface area (Å²) < 4.78 is 1.51. The number of pyridine rings is 1. The number of hydrogen-bond acceptors (Lipinski definition) is 4. The number of hydrogen-bond donors (Lipinski definition) is 2.